The van der Waals surface area contributed by atoms with E-state index in [0.717, 1.165) is 18.4 Å². The van der Waals surface area contributed by atoms with Crippen molar-refractivity contribution in [2.45, 2.75) is 51.4 Å². The van der Waals surface area contributed by atoms with Crippen molar-refractivity contribution >= 4 is 5.97 Å². The number of carboxylic acids is 1. The Hall–Kier alpha value is -2.09. The number of hydrogen-bond acceptors (Lipinski definition) is 1. The molecule has 1 aliphatic carbocycles. The van der Waals surface area contributed by atoms with Crippen LogP contribution in [-0.2, 0) is 10.2 Å². The van der Waals surface area contributed by atoms with E-state index in [1.54, 1.807) is 0 Å². The third-order valence-electron chi connectivity index (χ3n) is 6.46. The van der Waals surface area contributed by atoms with Gasteiger partial charge in [-0.25, -0.2) is 0 Å². The van der Waals surface area contributed by atoms with Crippen molar-refractivity contribution in [3.63, 3.8) is 0 Å². The van der Waals surface area contributed by atoms with Crippen LogP contribution in [0.5, 0.6) is 0 Å². The molecule has 1 saturated carbocycles. The van der Waals surface area contributed by atoms with Crippen LogP contribution in [0.25, 0.3) is 0 Å². The molecule has 0 bridgehead atoms. The minimum atomic E-state index is -0.691. The number of rotatable bonds is 5. The minimum absolute atomic E-state index is 0.0471. The highest BCUT2D eigenvalue weighted by Crippen LogP contribution is 2.50. The van der Waals surface area contributed by atoms with Crippen LogP contribution in [-0.4, -0.2) is 11.1 Å². The van der Waals surface area contributed by atoms with E-state index in [1.807, 2.05) is 36.4 Å². The smallest absolute Gasteiger partial charge is 0.311 e. The Morgan fingerprint density at radius 1 is 1.00 bits per heavy atom. The van der Waals surface area contributed by atoms with Gasteiger partial charge in [-0.15, -0.1) is 0 Å². The Labute approximate surface area is 157 Å². The maximum absolute atomic E-state index is 12.3. The van der Waals surface area contributed by atoms with Crippen LogP contribution in [0.3, 0.4) is 0 Å². The molecular formula is C24H30O2. The van der Waals surface area contributed by atoms with Crippen molar-refractivity contribution in [1.29, 1.82) is 0 Å². The fourth-order valence-corrected chi connectivity index (χ4v) is 5.00. The van der Waals surface area contributed by atoms with Crippen LogP contribution in [0.15, 0.2) is 60.7 Å². The normalized spacial score (nSPS) is 24.8. The average molecular weight is 351 g/mol. The Morgan fingerprint density at radius 3 is 2.15 bits per heavy atom. The van der Waals surface area contributed by atoms with Gasteiger partial charge in [0.05, 0.1) is 5.92 Å². The first-order valence-electron chi connectivity index (χ1n) is 9.74. The average Bonchev–Trinajstić information content (AvgIpc) is 2.63. The van der Waals surface area contributed by atoms with Crippen LogP contribution in [0.2, 0.25) is 0 Å². The van der Waals surface area contributed by atoms with E-state index < -0.39 is 11.9 Å². The van der Waals surface area contributed by atoms with Gasteiger partial charge < -0.3 is 5.11 Å². The summed E-state index contributed by atoms with van der Waals surface area (Å²) in [4.78, 5) is 12.3. The van der Waals surface area contributed by atoms with Gasteiger partial charge >= 0.3 is 5.97 Å². The summed E-state index contributed by atoms with van der Waals surface area (Å²) in [5, 5.41) is 10.1. The Kier molecular flexibility index (Phi) is 5.50. The second kappa shape index (κ2) is 7.65. The molecule has 0 amide bonds. The molecule has 4 unspecified atom stereocenters. The van der Waals surface area contributed by atoms with Gasteiger partial charge in [-0.05, 0) is 47.1 Å². The predicted octanol–water partition coefficient (Wildman–Crippen LogP) is 5.89. The van der Waals surface area contributed by atoms with Gasteiger partial charge in [-0.2, -0.15) is 0 Å². The van der Waals surface area contributed by atoms with E-state index >= 15 is 0 Å². The lowest BCUT2D eigenvalue weighted by molar-refractivity contribution is -0.141. The van der Waals surface area contributed by atoms with Crippen molar-refractivity contribution in [2.24, 2.45) is 17.8 Å². The number of aliphatic carboxylic acids is 1. The summed E-state index contributed by atoms with van der Waals surface area (Å²) < 4.78 is 0. The zero-order valence-corrected chi connectivity index (χ0v) is 16.1. The van der Waals surface area contributed by atoms with Gasteiger partial charge in [0.25, 0.3) is 0 Å². The standard InChI is InChI=1S/C24H30O2/c1-17-14-15-21(24(2,3)19-12-8-5-9-13-19)20(16-17)22(23(25)26)18-10-6-4-7-11-18/h4-13,17,20-22H,14-16H2,1-3H3,(H,25,26). The SMILES string of the molecule is CC1CCC(C(C)(C)c2ccccc2)C(C(C(=O)O)c2ccccc2)C1. The molecule has 0 aromatic heterocycles. The fraction of sp³-hybridized carbons (Fsp3) is 0.458. The van der Waals surface area contributed by atoms with Crippen LogP contribution >= 0.6 is 0 Å². The lowest BCUT2D eigenvalue weighted by Gasteiger charge is -2.46. The Balaban J connectivity index is 2.01. The highest BCUT2D eigenvalue weighted by molar-refractivity contribution is 5.76. The van der Waals surface area contributed by atoms with E-state index in [0.29, 0.717) is 11.8 Å². The second-order valence-corrected chi connectivity index (χ2v) is 8.50. The summed E-state index contributed by atoms with van der Waals surface area (Å²) in [6, 6.07) is 20.4. The van der Waals surface area contributed by atoms with E-state index in [1.165, 1.54) is 12.0 Å². The Morgan fingerprint density at radius 2 is 1.58 bits per heavy atom. The molecule has 0 radical (unpaired) electrons. The molecule has 2 heteroatoms. The summed E-state index contributed by atoms with van der Waals surface area (Å²) in [7, 11) is 0. The molecule has 26 heavy (non-hydrogen) atoms. The molecule has 1 N–H and O–H groups in total. The summed E-state index contributed by atoms with van der Waals surface area (Å²) >= 11 is 0. The number of carbonyl (C=O) groups is 1. The van der Waals surface area contributed by atoms with E-state index in [4.69, 9.17) is 0 Å². The second-order valence-electron chi connectivity index (χ2n) is 8.50. The van der Waals surface area contributed by atoms with Gasteiger partial charge in [-0.3, -0.25) is 4.79 Å². The maximum Gasteiger partial charge on any atom is 0.311 e. The Bertz CT molecular complexity index is 720. The van der Waals surface area contributed by atoms with Crippen LogP contribution in [0.1, 0.15) is 57.1 Å². The third-order valence-corrected chi connectivity index (χ3v) is 6.46. The molecule has 2 aromatic rings. The van der Waals surface area contributed by atoms with Gasteiger partial charge in [0, 0.05) is 0 Å². The zero-order chi connectivity index (χ0) is 18.7. The quantitative estimate of drug-likeness (QED) is 0.730. The summed E-state index contributed by atoms with van der Waals surface area (Å²) in [6.45, 7) is 6.85. The lowest BCUT2D eigenvalue weighted by atomic mass is 9.57. The highest BCUT2D eigenvalue weighted by Gasteiger charge is 2.45. The summed E-state index contributed by atoms with van der Waals surface area (Å²) in [6.07, 6.45) is 3.25. The number of hydrogen-bond donors (Lipinski definition) is 1. The van der Waals surface area contributed by atoms with Crippen molar-refractivity contribution in [3.05, 3.63) is 71.8 Å². The number of carboxylic acid groups (broad SMARTS) is 1. The van der Waals surface area contributed by atoms with E-state index in [9.17, 15) is 9.90 Å². The predicted molar refractivity (Wildman–Crippen MR) is 106 cm³/mol. The lowest BCUT2D eigenvalue weighted by Crippen LogP contribution is -2.42. The van der Waals surface area contributed by atoms with Crippen molar-refractivity contribution in [3.8, 4) is 0 Å². The first-order chi connectivity index (χ1) is 12.4. The summed E-state index contributed by atoms with van der Waals surface area (Å²) in [5.41, 5.74) is 2.20. The van der Waals surface area contributed by atoms with E-state index in [2.05, 4.69) is 45.0 Å². The third kappa shape index (κ3) is 3.70. The van der Waals surface area contributed by atoms with Gasteiger partial charge in [0.15, 0.2) is 0 Å². The minimum Gasteiger partial charge on any atom is -0.481 e. The molecule has 138 valence electrons. The molecule has 4 atom stereocenters. The van der Waals surface area contributed by atoms with Gasteiger partial charge in [-0.1, -0.05) is 87.9 Å². The molecule has 0 aliphatic heterocycles. The molecule has 0 spiro atoms. The van der Waals surface area contributed by atoms with Crippen LogP contribution < -0.4 is 0 Å². The first-order valence-corrected chi connectivity index (χ1v) is 9.74. The highest BCUT2D eigenvalue weighted by atomic mass is 16.4. The molecule has 2 nitrogen and oxygen atoms in total. The van der Waals surface area contributed by atoms with Gasteiger partial charge in [0.2, 0.25) is 0 Å². The summed E-state index contributed by atoms with van der Waals surface area (Å²) in [5.74, 6) is -0.0549. The van der Waals surface area contributed by atoms with Crippen LogP contribution in [0.4, 0.5) is 0 Å². The first kappa shape index (κ1) is 18.7. The topological polar surface area (TPSA) is 37.3 Å². The molecular weight excluding hydrogens is 320 g/mol. The van der Waals surface area contributed by atoms with Crippen molar-refractivity contribution < 1.29 is 9.90 Å². The van der Waals surface area contributed by atoms with Crippen molar-refractivity contribution in [1.82, 2.24) is 0 Å². The molecule has 0 saturated heterocycles. The molecule has 1 aliphatic rings. The molecule has 0 heterocycles. The molecule has 2 aromatic carbocycles. The molecule has 1 fully saturated rings. The maximum atomic E-state index is 12.3. The van der Waals surface area contributed by atoms with Gasteiger partial charge in [0.1, 0.15) is 0 Å². The fourth-order valence-electron chi connectivity index (χ4n) is 5.00. The number of benzene rings is 2. The molecule has 3 rings (SSSR count). The van der Waals surface area contributed by atoms with Crippen LogP contribution in [0, 0.1) is 17.8 Å². The monoisotopic (exact) mass is 350 g/mol. The van der Waals surface area contributed by atoms with Crippen molar-refractivity contribution in [2.75, 3.05) is 0 Å². The largest absolute Gasteiger partial charge is 0.481 e. The van der Waals surface area contributed by atoms with E-state index in [-0.39, 0.29) is 11.3 Å². The zero-order valence-electron chi connectivity index (χ0n) is 16.1.